The van der Waals surface area contributed by atoms with Crippen LogP contribution in [0.3, 0.4) is 0 Å². The molecule has 0 bridgehead atoms. The van der Waals surface area contributed by atoms with Crippen LogP contribution in [0.1, 0.15) is 30.4 Å². The molecule has 14 heavy (non-hydrogen) atoms. The second kappa shape index (κ2) is 2.84. The van der Waals surface area contributed by atoms with Gasteiger partial charge in [0.15, 0.2) is 0 Å². The number of aliphatic carboxylic acids is 1. The van der Waals surface area contributed by atoms with Gasteiger partial charge in [-0.15, -0.1) is 0 Å². The van der Waals surface area contributed by atoms with Crippen molar-refractivity contribution in [1.82, 2.24) is 0 Å². The van der Waals surface area contributed by atoms with Crippen LogP contribution in [-0.2, 0) is 4.79 Å². The standard InChI is InChI=1S/C12H14O2/c1-8-3-5-9(6-4-8)10-7-12(10,2)11(13)14/h3-6,10H,7H2,1-2H3,(H,13,14). The Bertz CT molecular complexity index is 366. The average molecular weight is 190 g/mol. The van der Waals surface area contributed by atoms with Crippen LogP contribution in [0.5, 0.6) is 0 Å². The third kappa shape index (κ3) is 1.31. The summed E-state index contributed by atoms with van der Waals surface area (Å²) in [7, 11) is 0. The van der Waals surface area contributed by atoms with Crippen molar-refractivity contribution < 1.29 is 9.90 Å². The molecular weight excluding hydrogens is 176 g/mol. The fourth-order valence-corrected chi connectivity index (χ4v) is 1.89. The van der Waals surface area contributed by atoms with Gasteiger partial charge in [0.05, 0.1) is 5.41 Å². The largest absolute Gasteiger partial charge is 0.481 e. The number of hydrogen-bond acceptors (Lipinski definition) is 1. The Hall–Kier alpha value is -1.31. The van der Waals surface area contributed by atoms with Crippen molar-refractivity contribution in [1.29, 1.82) is 0 Å². The van der Waals surface area contributed by atoms with Crippen LogP contribution < -0.4 is 0 Å². The van der Waals surface area contributed by atoms with E-state index in [2.05, 4.69) is 0 Å². The van der Waals surface area contributed by atoms with Gasteiger partial charge in [-0.1, -0.05) is 29.8 Å². The van der Waals surface area contributed by atoms with Gasteiger partial charge in [-0.05, 0) is 25.8 Å². The molecule has 1 aromatic rings. The maximum absolute atomic E-state index is 10.9. The first-order valence-electron chi connectivity index (χ1n) is 4.84. The monoisotopic (exact) mass is 190 g/mol. The average Bonchev–Trinajstić information content (AvgIpc) is 2.81. The summed E-state index contributed by atoms with van der Waals surface area (Å²) >= 11 is 0. The number of rotatable bonds is 2. The number of hydrogen-bond donors (Lipinski definition) is 1. The molecule has 74 valence electrons. The molecule has 1 aliphatic rings. The smallest absolute Gasteiger partial charge is 0.309 e. The maximum Gasteiger partial charge on any atom is 0.309 e. The van der Waals surface area contributed by atoms with E-state index in [-0.39, 0.29) is 5.92 Å². The predicted molar refractivity (Wildman–Crippen MR) is 54.3 cm³/mol. The van der Waals surface area contributed by atoms with Crippen molar-refractivity contribution in [3.05, 3.63) is 35.4 Å². The van der Waals surface area contributed by atoms with Gasteiger partial charge in [0.25, 0.3) is 0 Å². The molecule has 2 nitrogen and oxygen atoms in total. The summed E-state index contributed by atoms with van der Waals surface area (Å²) in [6.07, 6.45) is 0.769. The first kappa shape index (κ1) is 9.25. The first-order valence-corrected chi connectivity index (χ1v) is 4.84. The van der Waals surface area contributed by atoms with Gasteiger partial charge < -0.3 is 5.11 Å². The summed E-state index contributed by atoms with van der Waals surface area (Å²) in [6, 6.07) is 8.15. The summed E-state index contributed by atoms with van der Waals surface area (Å²) in [5.41, 5.74) is 1.85. The van der Waals surface area contributed by atoms with Crippen LogP contribution in [0.2, 0.25) is 0 Å². The fourth-order valence-electron chi connectivity index (χ4n) is 1.89. The van der Waals surface area contributed by atoms with Crippen LogP contribution in [0, 0.1) is 12.3 Å². The second-order valence-electron chi connectivity index (χ2n) is 4.39. The molecule has 1 aromatic carbocycles. The maximum atomic E-state index is 10.9. The molecule has 2 heteroatoms. The molecule has 0 saturated heterocycles. The first-order chi connectivity index (χ1) is 6.54. The van der Waals surface area contributed by atoms with Gasteiger partial charge in [-0.25, -0.2) is 0 Å². The minimum absolute atomic E-state index is 0.209. The Morgan fingerprint density at radius 1 is 1.43 bits per heavy atom. The lowest BCUT2D eigenvalue weighted by molar-refractivity contribution is -0.142. The Morgan fingerprint density at radius 2 is 2.00 bits per heavy atom. The fraction of sp³-hybridized carbons (Fsp3) is 0.417. The van der Waals surface area contributed by atoms with E-state index in [1.165, 1.54) is 5.56 Å². The predicted octanol–water partition coefficient (Wildman–Crippen LogP) is 2.57. The number of carboxylic acid groups (broad SMARTS) is 1. The van der Waals surface area contributed by atoms with E-state index >= 15 is 0 Å². The molecule has 0 radical (unpaired) electrons. The molecule has 0 heterocycles. The molecule has 1 fully saturated rings. The number of carboxylic acids is 1. The zero-order chi connectivity index (χ0) is 10.3. The van der Waals surface area contributed by atoms with Crippen LogP contribution in [0.25, 0.3) is 0 Å². The SMILES string of the molecule is Cc1ccc(C2CC2(C)C(=O)O)cc1. The van der Waals surface area contributed by atoms with Crippen LogP contribution in [-0.4, -0.2) is 11.1 Å². The van der Waals surface area contributed by atoms with Crippen LogP contribution in [0.4, 0.5) is 0 Å². The Labute approximate surface area is 83.6 Å². The summed E-state index contributed by atoms with van der Waals surface area (Å²) in [4.78, 5) is 10.9. The molecule has 1 saturated carbocycles. The molecule has 1 aliphatic carbocycles. The molecule has 0 aliphatic heterocycles. The van der Waals surface area contributed by atoms with E-state index in [9.17, 15) is 4.79 Å². The van der Waals surface area contributed by atoms with Crippen LogP contribution in [0.15, 0.2) is 24.3 Å². The van der Waals surface area contributed by atoms with E-state index in [1.807, 2.05) is 38.1 Å². The van der Waals surface area contributed by atoms with Crippen molar-refractivity contribution >= 4 is 5.97 Å². The quantitative estimate of drug-likeness (QED) is 0.778. The molecule has 2 rings (SSSR count). The van der Waals surface area contributed by atoms with Crippen molar-refractivity contribution in [3.8, 4) is 0 Å². The van der Waals surface area contributed by atoms with E-state index in [1.54, 1.807) is 0 Å². The summed E-state index contributed by atoms with van der Waals surface area (Å²) in [5, 5.41) is 9.00. The number of carbonyl (C=O) groups is 1. The van der Waals surface area contributed by atoms with Crippen molar-refractivity contribution in [3.63, 3.8) is 0 Å². The molecule has 1 N–H and O–H groups in total. The highest BCUT2D eigenvalue weighted by Crippen LogP contribution is 2.59. The molecule has 0 spiro atoms. The Morgan fingerprint density at radius 3 is 2.43 bits per heavy atom. The molecular formula is C12H14O2. The lowest BCUT2D eigenvalue weighted by Gasteiger charge is -2.05. The topological polar surface area (TPSA) is 37.3 Å². The molecule has 0 aromatic heterocycles. The Kier molecular flexibility index (Phi) is 1.88. The van der Waals surface area contributed by atoms with Crippen molar-refractivity contribution in [2.45, 2.75) is 26.2 Å². The van der Waals surface area contributed by atoms with Gasteiger partial charge >= 0.3 is 5.97 Å². The van der Waals surface area contributed by atoms with Gasteiger partial charge in [0.1, 0.15) is 0 Å². The van der Waals surface area contributed by atoms with E-state index in [0.29, 0.717) is 0 Å². The molecule has 2 unspecified atom stereocenters. The second-order valence-corrected chi connectivity index (χ2v) is 4.39. The van der Waals surface area contributed by atoms with Crippen LogP contribution >= 0.6 is 0 Å². The minimum Gasteiger partial charge on any atom is -0.481 e. The molecule has 2 atom stereocenters. The highest BCUT2D eigenvalue weighted by molar-refractivity contribution is 5.79. The zero-order valence-electron chi connectivity index (χ0n) is 8.45. The third-order valence-corrected chi connectivity index (χ3v) is 3.21. The van der Waals surface area contributed by atoms with E-state index in [4.69, 9.17) is 5.11 Å². The van der Waals surface area contributed by atoms with E-state index in [0.717, 1.165) is 12.0 Å². The third-order valence-electron chi connectivity index (χ3n) is 3.21. The highest BCUT2D eigenvalue weighted by Gasteiger charge is 2.56. The van der Waals surface area contributed by atoms with Gasteiger partial charge in [-0.2, -0.15) is 0 Å². The van der Waals surface area contributed by atoms with Crippen molar-refractivity contribution in [2.75, 3.05) is 0 Å². The minimum atomic E-state index is -0.678. The highest BCUT2D eigenvalue weighted by atomic mass is 16.4. The van der Waals surface area contributed by atoms with Gasteiger partial charge in [-0.3, -0.25) is 4.79 Å². The molecule has 0 amide bonds. The summed E-state index contributed by atoms with van der Waals surface area (Å²) in [5.74, 6) is -0.469. The normalized spacial score (nSPS) is 30.0. The summed E-state index contributed by atoms with van der Waals surface area (Å²) < 4.78 is 0. The Balaban J connectivity index is 2.21. The van der Waals surface area contributed by atoms with E-state index < -0.39 is 11.4 Å². The van der Waals surface area contributed by atoms with Gasteiger partial charge in [0, 0.05) is 5.92 Å². The lowest BCUT2D eigenvalue weighted by atomic mass is 10.0. The lowest BCUT2D eigenvalue weighted by Crippen LogP contribution is -2.12. The number of aryl methyl sites for hydroxylation is 1. The summed E-state index contributed by atoms with van der Waals surface area (Å²) in [6.45, 7) is 3.85. The zero-order valence-corrected chi connectivity index (χ0v) is 8.45. The van der Waals surface area contributed by atoms with Gasteiger partial charge in [0.2, 0.25) is 0 Å². The van der Waals surface area contributed by atoms with Crippen molar-refractivity contribution in [2.24, 2.45) is 5.41 Å². The number of benzene rings is 1.